The minimum Gasteiger partial charge on any atom is -0.495 e. The molecule has 0 bridgehead atoms. The number of anilines is 1. The summed E-state index contributed by atoms with van der Waals surface area (Å²) in [6.45, 7) is 0.209. The molecule has 2 rings (SSSR count). The van der Waals surface area contributed by atoms with Gasteiger partial charge in [0.25, 0.3) is 0 Å². The van der Waals surface area contributed by atoms with E-state index in [0.29, 0.717) is 23.1 Å². The van der Waals surface area contributed by atoms with E-state index in [1.54, 1.807) is 0 Å². The summed E-state index contributed by atoms with van der Waals surface area (Å²) in [5.74, 6) is 0.231. The molecule has 1 fully saturated rings. The molecular weight excluding hydrogens is 348 g/mol. The van der Waals surface area contributed by atoms with Crippen LogP contribution in [0.5, 0.6) is 5.75 Å². The maximum absolute atomic E-state index is 12.7. The lowest BCUT2D eigenvalue weighted by Gasteiger charge is -2.23. The van der Waals surface area contributed by atoms with Gasteiger partial charge in [-0.15, -0.1) is 0 Å². The van der Waals surface area contributed by atoms with Crippen LogP contribution in [-0.2, 0) is 10.0 Å². The molecule has 0 aromatic heterocycles. The Morgan fingerprint density at radius 1 is 1.55 bits per heavy atom. The molecule has 1 atom stereocenters. The molecule has 1 aliphatic heterocycles. The van der Waals surface area contributed by atoms with Crippen LogP contribution in [0.1, 0.15) is 12.8 Å². The highest BCUT2D eigenvalue weighted by Gasteiger charge is 2.36. The summed E-state index contributed by atoms with van der Waals surface area (Å²) < 4.78 is 32.5. The smallest absolute Gasteiger partial charge is 0.247 e. The van der Waals surface area contributed by atoms with Crippen LogP contribution in [0.4, 0.5) is 5.69 Å². The van der Waals surface area contributed by atoms with Crippen molar-refractivity contribution in [3.63, 3.8) is 0 Å². The van der Waals surface area contributed by atoms with Gasteiger partial charge in [-0.05, 0) is 40.9 Å². The van der Waals surface area contributed by atoms with Crippen molar-refractivity contribution in [3.05, 3.63) is 16.6 Å². The van der Waals surface area contributed by atoms with Gasteiger partial charge in [-0.2, -0.15) is 4.31 Å². The molecule has 0 aliphatic carbocycles. The highest BCUT2D eigenvalue weighted by molar-refractivity contribution is 9.10. The summed E-state index contributed by atoms with van der Waals surface area (Å²) in [6.07, 6.45) is 1.39. The Labute approximate surface area is 126 Å². The molecular formula is C12H17BrN2O4S. The summed E-state index contributed by atoms with van der Waals surface area (Å²) in [4.78, 5) is 0.0288. The van der Waals surface area contributed by atoms with E-state index < -0.39 is 10.0 Å². The molecule has 0 amide bonds. The summed E-state index contributed by atoms with van der Waals surface area (Å²) in [7, 11) is -2.33. The number of aliphatic hydroxyl groups is 1. The Morgan fingerprint density at radius 2 is 2.25 bits per heavy atom. The fraction of sp³-hybridized carbons (Fsp3) is 0.500. The molecule has 1 unspecified atom stereocenters. The molecule has 0 saturated carbocycles. The first-order valence-corrected chi connectivity index (χ1v) is 8.40. The number of methoxy groups -OCH3 is 1. The summed E-state index contributed by atoms with van der Waals surface area (Å²) in [6, 6.07) is 2.53. The number of rotatable bonds is 4. The van der Waals surface area contributed by atoms with Crippen LogP contribution in [0.25, 0.3) is 0 Å². The molecule has 20 heavy (non-hydrogen) atoms. The molecule has 1 aromatic carbocycles. The van der Waals surface area contributed by atoms with Gasteiger partial charge < -0.3 is 15.6 Å². The third-order valence-corrected chi connectivity index (χ3v) is 6.06. The monoisotopic (exact) mass is 364 g/mol. The molecule has 3 N–H and O–H groups in total. The lowest BCUT2D eigenvalue weighted by Crippen LogP contribution is -2.37. The molecule has 112 valence electrons. The van der Waals surface area contributed by atoms with Crippen molar-refractivity contribution in [1.29, 1.82) is 0 Å². The fourth-order valence-corrected chi connectivity index (χ4v) is 4.53. The Balaban J connectivity index is 2.51. The van der Waals surface area contributed by atoms with Gasteiger partial charge in [-0.1, -0.05) is 0 Å². The van der Waals surface area contributed by atoms with Crippen molar-refractivity contribution in [2.45, 2.75) is 23.8 Å². The first-order valence-electron chi connectivity index (χ1n) is 6.17. The second-order valence-electron chi connectivity index (χ2n) is 4.62. The van der Waals surface area contributed by atoms with Crippen molar-refractivity contribution in [1.82, 2.24) is 4.31 Å². The topological polar surface area (TPSA) is 92.9 Å². The zero-order chi connectivity index (χ0) is 14.9. The Morgan fingerprint density at radius 3 is 2.85 bits per heavy atom. The van der Waals surface area contributed by atoms with Gasteiger partial charge in [-0.25, -0.2) is 8.42 Å². The van der Waals surface area contributed by atoms with E-state index in [-0.39, 0.29) is 23.3 Å². The van der Waals surface area contributed by atoms with Gasteiger partial charge in [0.05, 0.1) is 13.7 Å². The number of nitrogen functional groups attached to an aromatic ring is 1. The van der Waals surface area contributed by atoms with Gasteiger partial charge in [-0.3, -0.25) is 0 Å². The van der Waals surface area contributed by atoms with Crippen LogP contribution in [0.15, 0.2) is 21.5 Å². The van der Waals surface area contributed by atoms with Crippen molar-refractivity contribution < 1.29 is 18.3 Å². The summed E-state index contributed by atoms with van der Waals surface area (Å²) in [5.41, 5.74) is 6.10. The van der Waals surface area contributed by atoms with Gasteiger partial charge in [0.2, 0.25) is 10.0 Å². The Kier molecular flexibility index (Phi) is 4.58. The molecule has 1 aromatic rings. The molecule has 1 aliphatic rings. The highest BCUT2D eigenvalue weighted by atomic mass is 79.9. The number of benzene rings is 1. The van der Waals surface area contributed by atoms with Crippen LogP contribution in [0.3, 0.4) is 0 Å². The third-order valence-electron chi connectivity index (χ3n) is 3.40. The van der Waals surface area contributed by atoms with Crippen LogP contribution < -0.4 is 10.5 Å². The molecule has 0 radical (unpaired) electrons. The highest BCUT2D eigenvalue weighted by Crippen LogP contribution is 2.36. The van der Waals surface area contributed by atoms with E-state index in [1.807, 2.05) is 0 Å². The van der Waals surface area contributed by atoms with Crippen LogP contribution in [-0.4, -0.2) is 44.1 Å². The number of aliphatic hydroxyl groups excluding tert-OH is 1. The van der Waals surface area contributed by atoms with Crippen LogP contribution >= 0.6 is 15.9 Å². The molecule has 1 saturated heterocycles. The SMILES string of the molecule is COc1cc(Br)c(N)cc1S(=O)(=O)N1CCCC1CO. The lowest BCUT2D eigenvalue weighted by atomic mass is 10.2. The first kappa shape index (κ1) is 15.6. The number of hydrogen-bond acceptors (Lipinski definition) is 5. The molecule has 0 spiro atoms. The zero-order valence-electron chi connectivity index (χ0n) is 11.0. The van der Waals surface area contributed by atoms with Crippen LogP contribution in [0.2, 0.25) is 0 Å². The predicted octanol–water partition coefficient (Wildman–Crippen LogP) is 1.19. The summed E-state index contributed by atoms with van der Waals surface area (Å²) >= 11 is 3.24. The van der Waals surface area contributed by atoms with Gasteiger partial charge in [0.15, 0.2) is 0 Å². The average Bonchev–Trinajstić information content (AvgIpc) is 2.90. The van der Waals surface area contributed by atoms with E-state index >= 15 is 0 Å². The number of sulfonamides is 1. The van der Waals surface area contributed by atoms with Crippen molar-refractivity contribution in [2.75, 3.05) is 26.0 Å². The number of hydrogen-bond donors (Lipinski definition) is 2. The normalized spacial score (nSPS) is 20.2. The van der Waals surface area contributed by atoms with E-state index in [9.17, 15) is 13.5 Å². The van der Waals surface area contributed by atoms with Gasteiger partial charge >= 0.3 is 0 Å². The van der Waals surface area contributed by atoms with E-state index in [1.165, 1.54) is 23.5 Å². The van der Waals surface area contributed by atoms with E-state index in [2.05, 4.69) is 15.9 Å². The molecule has 6 nitrogen and oxygen atoms in total. The Hall–Kier alpha value is -0.830. The van der Waals surface area contributed by atoms with Crippen molar-refractivity contribution in [3.8, 4) is 5.75 Å². The molecule has 8 heteroatoms. The van der Waals surface area contributed by atoms with Gasteiger partial charge in [0, 0.05) is 22.7 Å². The average molecular weight is 365 g/mol. The maximum Gasteiger partial charge on any atom is 0.247 e. The lowest BCUT2D eigenvalue weighted by molar-refractivity contribution is 0.213. The number of nitrogens with two attached hydrogens (primary N) is 1. The first-order chi connectivity index (χ1) is 9.41. The maximum atomic E-state index is 12.7. The minimum atomic E-state index is -3.73. The molecule has 1 heterocycles. The van der Waals surface area contributed by atoms with Crippen LogP contribution in [0, 0.1) is 0 Å². The third kappa shape index (κ3) is 2.65. The largest absolute Gasteiger partial charge is 0.495 e. The fourth-order valence-electron chi connectivity index (χ4n) is 2.35. The number of nitrogens with zero attached hydrogens (tertiary/aromatic N) is 1. The van der Waals surface area contributed by atoms with E-state index in [0.717, 1.165) is 6.42 Å². The Bertz CT molecular complexity index is 606. The van der Waals surface area contributed by atoms with Gasteiger partial charge in [0.1, 0.15) is 10.6 Å². The standard InChI is InChI=1S/C12H17BrN2O4S/c1-19-11-5-9(13)10(14)6-12(11)20(17,18)15-4-2-3-8(15)7-16/h5-6,8,16H,2-4,7,14H2,1H3. The minimum absolute atomic E-state index is 0.0288. The number of ether oxygens (including phenoxy) is 1. The second-order valence-corrected chi connectivity index (χ2v) is 7.33. The second kappa shape index (κ2) is 5.88. The van der Waals surface area contributed by atoms with E-state index in [4.69, 9.17) is 10.5 Å². The zero-order valence-corrected chi connectivity index (χ0v) is 13.4. The number of halogens is 1. The van der Waals surface area contributed by atoms with Crippen molar-refractivity contribution in [2.24, 2.45) is 0 Å². The quantitative estimate of drug-likeness (QED) is 0.782. The summed E-state index contributed by atoms with van der Waals surface area (Å²) in [5, 5.41) is 9.30. The predicted molar refractivity (Wildman–Crippen MR) is 79.1 cm³/mol. The van der Waals surface area contributed by atoms with Crippen molar-refractivity contribution >= 4 is 31.6 Å².